The molecule has 3 atom stereocenters. The number of phenols is 1. The molecule has 0 spiro atoms. The van der Waals surface area contributed by atoms with Gasteiger partial charge in [-0.3, -0.25) is 0 Å². The molecule has 2 aromatic rings. The zero-order chi connectivity index (χ0) is 20.1. The first kappa shape index (κ1) is 18.9. The molecule has 28 heavy (non-hydrogen) atoms. The molecule has 0 saturated heterocycles. The van der Waals surface area contributed by atoms with Crippen LogP contribution < -0.4 is 8.92 Å². The van der Waals surface area contributed by atoms with Crippen LogP contribution in [0.4, 0.5) is 13.2 Å². The van der Waals surface area contributed by atoms with Crippen LogP contribution in [-0.4, -0.2) is 19.0 Å². The molecular weight excluding hydrogens is 397 g/mol. The van der Waals surface area contributed by atoms with Gasteiger partial charge in [0.05, 0.1) is 0 Å². The van der Waals surface area contributed by atoms with E-state index in [2.05, 4.69) is 4.18 Å². The van der Waals surface area contributed by atoms with Crippen molar-refractivity contribution in [2.75, 3.05) is 0 Å². The Bertz CT molecular complexity index is 986. The van der Waals surface area contributed by atoms with Crippen LogP contribution in [-0.2, 0) is 10.1 Å². The third kappa shape index (κ3) is 3.28. The first-order chi connectivity index (χ1) is 13.2. The summed E-state index contributed by atoms with van der Waals surface area (Å²) in [5.41, 5.74) is -3.79. The molecular formula is C19H17F3O5S. The van der Waals surface area contributed by atoms with Crippen molar-refractivity contribution in [1.82, 2.24) is 0 Å². The van der Waals surface area contributed by atoms with Gasteiger partial charge in [-0.15, -0.1) is 0 Å². The quantitative estimate of drug-likeness (QED) is 0.585. The maximum Gasteiger partial charge on any atom is 0.534 e. The largest absolute Gasteiger partial charge is 0.534 e. The molecule has 2 aliphatic rings. The Morgan fingerprint density at radius 2 is 1.79 bits per heavy atom. The van der Waals surface area contributed by atoms with Crippen LogP contribution in [0, 0.1) is 5.92 Å². The molecule has 1 heterocycles. The molecule has 0 unspecified atom stereocenters. The normalized spacial score (nSPS) is 24.2. The highest BCUT2D eigenvalue weighted by Crippen LogP contribution is 2.54. The van der Waals surface area contributed by atoms with Crippen molar-refractivity contribution in [1.29, 1.82) is 0 Å². The smallest absolute Gasteiger partial charge is 0.508 e. The van der Waals surface area contributed by atoms with Crippen LogP contribution in [0.1, 0.15) is 42.4 Å². The molecule has 2 aromatic carbocycles. The number of phenolic OH excluding ortho intramolecular Hbond substituents is 1. The lowest BCUT2D eigenvalue weighted by Crippen LogP contribution is -2.28. The minimum Gasteiger partial charge on any atom is -0.508 e. The van der Waals surface area contributed by atoms with Crippen molar-refractivity contribution in [3.8, 4) is 17.2 Å². The summed E-state index contributed by atoms with van der Waals surface area (Å²) in [5, 5.41) is 9.77. The van der Waals surface area contributed by atoms with Crippen molar-refractivity contribution in [2.45, 2.75) is 36.8 Å². The molecule has 5 nitrogen and oxygen atoms in total. The second-order valence-corrected chi connectivity index (χ2v) is 8.55. The summed E-state index contributed by atoms with van der Waals surface area (Å²) in [4.78, 5) is 0. The molecule has 0 radical (unpaired) electrons. The molecule has 4 rings (SSSR count). The summed E-state index contributed by atoms with van der Waals surface area (Å²) < 4.78 is 69.9. The number of ether oxygens (including phenoxy) is 1. The van der Waals surface area contributed by atoms with E-state index in [1.54, 1.807) is 18.2 Å². The van der Waals surface area contributed by atoms with Crippen LogP contribution in [0.25, 0.3) is 0 Å². The van der Waals surface area contributed by atoms with Gasteiger partial charge in [-0.2, -0.15) is 21.6 Å². The van der Waals surface area contributed by atoms with Crippen LogP contribution in [0.5, 0.6) is 17.2 Å². The summed E-state index contributed by atoms with van der Waals surface area (Å²) in [5.74, 6) is 0.831. The van der Waals surface area contributed by atoms with Crippen molar-refractivity contribution >= 4 is 10.1 Å². The van der Waals surface area contributed by atoms with Gasteiger partial charge in [0.15, 0.2) is 0 Å². The summed E-state index contributed by atoms with van der Waals surface area (Å²) in [6, 6.07) is 10.4. The predicted octanol–water partition coefficient (Wildman–Crippen LogP) is 4.64. The number of benzene rings is 2. The molecule has 0 bridgehead atoms. The number of hydrogen-bond donors (Lipinski definition) is 1. The fourth-order valence-corrected chi connectivity index (χ4v) is 4.56. The second-order valence-electron chi connectivity index (χ2n) is 7.01. The molecule has 150 valence electrons. The average Bonchev–Trinajstić information content (AvgIpc) is 3.11. The van der Waals surface area contributed by atoms with E-state index in [0.717, 1.165) is 30.4 Å². The van der Waals surface area contributed by atoms with Gasteiger partial charge in [0.2, 0.25) is 0 Å². The fourth-order valence-electron chi connectivity index (χ4n) is 4.10. The average molecular weight is 414 g/mol. The molecule has 1 aliphatic heterocycles. The minimum atomic E-state index is -5.70. The van der Waals surface area contributed by atoms with E-state index in [4.69, 9.17) is 4.74 Å². The third-order valence-electron chi connectivity index (χ3n) is 5.30. The summed E-state index contributed by atoms with van der Waals surface area (Å²) >= 11 is 0. The predicted molar refractivity (Wildman–Crippen MR) is 93.6 cm³/mol. The lowest BCUT2D eigenvalue weighted by molar-refractivity contribution is -0.0500. The van der Waals surface area contributed by atoms with Gasteiger partial charge in [0.1, 0.15) is 23.4 Å². The summed E-state index contributed by atoms with van der Waals surface area (Å²) in [6.45, 7) is 0. The van der Waals surface area contributed by atoms with E-state index < -0.39 is 21.4 Å². The number of alkyl halides is 3. The standard InChI is InChI=1S/C19H17F3O5S/c20-19(21,22)28(24,25)27-13-7-4-11(5-8-13)18-15-3-1-2-14(15)16-10-12(23)6-9-17(16)26-18/h4-10,14-15,18,23H,1-3H2/t14-,15+,18-/m0/s1. The highest BCUT2D eigenvalue weighted by molar-refractivity contribution is 7.88. The van der Waals surface area contributed by atoms with Crippen molar-refractivity contribution < 1.29 is 35.6 Å². The number of halogens is 3. The number of rotatable bonds is 3. The Balaban J connectivity index is 1.60. The second kappa shape index (κ2) is 6.58. The van der Waals surface area contributed by atoms with E-state index in [-0.39, 0.29) is 23.7 Å². The first-order valence-electron chi connectivity index (χ1n) is 8.76. The zero-order valence-corrected chi connectivity index (χ0v) is 15.3. The first-order valence-corrected chi connectivity index (χ1v) is 10.2. The van der Waals surface area contributed by atoms with Gasteiger partial charge < -0.3 is 14.0 Å². The SMILES string of the molecule is O=S(=O)(Oc1ccc([C@@H]2Oc3ccc(O)cc3[C@H]3CCC[C@H]32)cc1)C(F)(F)F. The Labute approximate surface area is 159 Å². The van der Waals surface area contributed by atoms with E-state index in [1.165, 1.54) is 24.3 Å². The van der Waals surface area contributed by atoms with E-state index in [9.17, 15) is 26.7 Å². The fraction of sp³-hybridized carbons (Fsp3) is 0.368. The number of hydrogen-bond acceptors (Lipinski definition) is 5. The number of aromatic hydroxyl groups is 1. The van der Waals surface area contributed by atoms with Crippen molar-refractivity contribution in [3.05, 3.63) is 53.6 Å². The molecule has 9 heteroatoms. The maximum atomic E-state index is 12.5. The molecule has 1 aliphatic carbocycles. The topological polar surface area (TPSA) is 72.8 Å². The van der Waals surface area contributed by atoms with E-state index >= 15 is 0 Å². The van der Waals surface area contributed by atoms with Crippen LogP contribution in [0.15, 0.2) is 42.5 Å². The Morgan fingerprint density at radius 3 is 2.46 bits per heavy atom. The van der Waals surface area contributed by atoms with Gasteiger partial charge in [-0.1, -0.05) is 18.6 Å². The lowest BCUT2D eigenvalue weighted by atomic mass is 9.80. The van der Waals surface area contributed by atoms with Gasteiger partial charge in [0, 0.05) is 11.5 Å². The molecule has 1 fully saturated rings. The molecule has 1 N–H and O–H groups in total. The Kier molecular flexibility index (Phi) is 4.45. The minimum absolute atomic E-state index is 0.167. The van der Waals surface area contributed by atoms with Crippen LogP contribution in [0.3, 0.4) is 0 Å². The number of fused-ring (bicyclic) bond motifs is 3. The third-order valence-corrected chi connectivity index (χ3v) is 6.28. The van der Waals surface area contributed by atoms with E-state index in [1.807, 2.05) is 0 Å². The van der Waals surface area contributed by atoms with Crippen LogP contribution >= 0.6 is 0 Å². The molecule has 0 amide bonds. The lowest BCUT2D eigenvalue weighted by Gasteiger charge is -2.36. The van der Waals surface area contributed by atoms with Gasteiger partial charge in [0.25, 0.3) is 0 Å². The maximum absolute atomic E-state index is 12.5. The van der Waals surface area contributed by atoms with Gasteiger partial charge >= 0.3 is 15.6 Å². The van der Waals surface area contributed by atoms with Crippen molar-refractivity contribution in [2.24, 2.45) is 5.92 Å². The summed E-state index contributed by atoms with van der Waals surface area (Å²) in [6.07, 6.45) is 2.59. The Morgan fingerprint density at radius 1 is 1.07 bits per heavy atom. The molecule has 0 aromatic heterocycles. The van der Waals surface area contributed by atoms with E-state index in [0.29, 0.717) is 5.75 Å². The van der Waals surface area contributed by atoms with Gasteiger partial charge in [-0.05, 0) is 54.7 Å². The zero-order valence-electron chi connectivity index (χ0n) is 14.5. The highest BCUT2D eigenvalue weighted by atomic mass is 32.2. The van der Waals surface area contributed by atoms with Gasteiger partial charge in [-0.25, -0.2) is 0 Å². The van der Waals surface area contributed by atoms with Crippen LogP contribution in [0.2, 0.25) is 0 Å². The monoisotopic (exact) mass is 414 g/mol. The summed E-state index contributed by atoms with van der Waals surface area (Å²) in [7, 11) is -5.70. The Hall–Kier alpha value is -2.42. The highest BCUT2D eigenvalue weighted by Gasteiger charge is 2.48. The van der Waals surface area contributed by atoms with Crippen molar-refractivity contribution in [3.63, 3.8) is 0 Å². The molecule has 1 saturated carbocycles.